The third kappa shape index (κ3) is 1.62. The van der Waals surface area contributed by atoms with Crippen LogP contribution in [0.5, 0.6) is 5.75 Å². The highest BCUT2D eigenvalue weighted by molar-refractivity contribution is 6.17. The summed E-state index contributed by atoms with van der Waals surface area (Å²) in [7, 11) is 1.60. The molecule has 1 aromatic rings. The molecule has 0 aliphatic carbocycles. The van der Waals surface area contributed by atoms with E-state index >= 15 is 0 Å². The van der Waals surface area contributed by atoms with Crippen LogP contribution in [0.4, 0.5) is 5.69 Å². The van der Waals surface area contributed by atoms with Gasteiger partial charge in [0.1, 0.15) is 5.75 Å². The molecule has 0 spiro atoms. The van der Waals surface area contributed by atoms with Gasteiger partial charge in [-0.15, -0.1) is 11.6 Å². The lowest BCUT2D eigenvalue weighted by atomic mass is 10.2. The summed E-state index contributed by atoms with van der Waals surface area (Å²) >= 11 is 5.72. The number of methoxy groups -OCH3 is 1. The van der Waals surface area contributed by atoms with Gasteiger partial charge in [-0.05, 0) is 12.1 Å². The molecule has 12 heavy (non-hydrogen) atoms. The first kappa shape index (κ1) is 9.16. The van der Waals surface area contributed by atoms with Gasteiger partial charge in [0.2, 0.25) is 0 Å². The second-order valence-corrected chi connectivity index (χ2v) is 2.53. The van der Waals surface area contributed by atoms with Crippen molar-refractivity contribution in [3.05, 3.63) is 23.8 Å². The van der Waals surface area contributed by atoms with Crippen LogP contribution in [0.25, 0.3) is 0 Å². The molecule has 66 valence electrons. The van der Waals surface area contributed by atoms with Crippen molar-refractivity contribution in [2.45, 2.75) is 5.88 Å². The Morgan fingerprint density at radius 1 is 1.58 bits per heavy atom. The van der Waals surface area contributed by atoms with Crippen molar-refractivity contribution in [2.75, 3.05) is 12.5 Å². The Hall–Kier alpha value is -0.930. The van der Waals surface area contributed by atoms with E-state index in [1.807, 2.05) is 18.2 Å². The molecule has 0 aliphatic rings. The van der Waals surface area contributed by atoms with Gasteiger partial charge < -0.3 is 10.2 Å². The Morgan fingerprint density at radius 3 is 2.83 bits per heavy atom. The first-order chi connectivity index (χ1) is 5.83. The van der Waals surface area contributed by atoms with E-state index in [9.17, 15) is 0 Å². The minimum Gasteiger partial charge on any atom is -0.496 e. The molecule has 0 atom stereocenters. The second kappa shape index (κ2) is 4.18. The highest BCUT2D eigenvalue weighted by Gasteiger charge is 2.05. The van der Waals surface area contributed by atoms with Crippen LogP contribution in [-0.4, -0.2) is 7.11 Å². The molecular formula is C8H11ClN2O. The Morgan fingerprint density at radius 2 is 2.33 bits per heavy atom. The van der Waals surface area contributed by atoms with Crippen molar-refractivity contribution in [3.8, 4) is 5.75 Å². The zero-order chi connectivity index (χ0) is 8.97. The molecule has 1 aromatic carbocycles. The number of hydrazine groups is 1. The summed E-state index contributed by atoms with van der Waals surface area (Å²) in [4.78, 5) is 0. The van der Waals surface area contributed by atoms with Crippen molar-refractivity contribution in [1.29, 1.82) is 0 Å². The van der Waals surface area contributed by atoms with Crippen molar-refractivity contribution in [1.82, 2.24) is 0 Å². The van der Waals surface area contributed by atoms with Crippen LogP contribution < -0.4 is 16.0 Å². The van der Waals surface area contributed by atoms with Crippen LogP contribution in [0.2, 0.25) is 0 Å². The van der Waals surface area contributed by atoms with Crippen molar-refractivity contribution >= 4 is 17.3 Å². The standard InChI is InChI=1S/C8H11ClN2O/c1-12-8-4-2-3-7(11-10)6(8)5-9/h2-4,11H,5,10H2,1H3. The van der Waals surface area contributed by atoms with E-state index in [1.54, 1.807) is 7.11 Å². The number of anilines is 1. The fourth-order valence-electron chi connectivity index (χ4n) is 1.03. The van der Waals surface area contributed by atoms with Crippen LogP contribution in [0, 0.1) is 0 Å². The number of benzene rings is 1. The number of nitrogens with two attached hydrogens (primary N) is 1. The van der Waals surface area contributed by atoms with E-state index in [-0.39, 0.29) is 0 Å². The maximum atomic E-state index is 5.72. The van der Waals surface area contributed by atoms with E-state index in [2.05, 4.69) is 5.43 Å². The summed E-state index contributed by atoms with van der Waals surface area (Å²) in [5.41, 5.74) is 4.23. The Balaban J connectivity index is 3.13. The number of nitrogens with one attached hydrogen (secondary N) is 1. The SMILES string of the molecule is COc1cccc(NN)c1CCl. The molecule has 0 saturated carbocycles. The molecule has 0 heterocycles. The maximum absolute atomic E-state index is 5.72. The number of alkyl halides is 1. The molecule has 0 radical (unpaired) electrons. The average Bonchev–Trinajstić information content (AvgIpc) is 2.16. The molecule has 4 heteroatoms. The molecule has 0 fully saturated rings. The quantitative estimate of drug-likeness (QED) is 0.429. The summed E-state index contributed by atoms with van der Waals surface area (Å²) in [6, 6.07) is 5.54. The number of rotatable bonds is 3. The number of ether oxygens (including phenoxy) is 1. The van der Waals surface area contributed by atoms with E-state index in [0.717, 1.165) is 17.0 Å². The summed E-state index contributed by atoms with van der Waals surface area (Å²) < 4.78 is 5.10. The Labute approximate surface area is 76.4 Å². The van der Waals surface area contributed by atoms with Gasteiger partial charge >= 0.3 is 0 Å². The van der Waals surface area contributed by atoms with E-state index in [0.29, 0.717) is 5.88 Å². The molecule has 0 bridgehead atoms. The molecule has 0 unspecified atom stereocenters. The van der Waals surface area contributed by atoms with Crippen LogP contribution in [0.15, 0.2) is 18.2 Å². The van der Waals surface area contributed by atoms with Gasteiger partial charge in [0.15, 0.2) is 0 Å². The minimum absolute atomic E-state index is 0.379. The van der Waals surface area contributed by atoms with Gasteiger partial charge in [-0.1, -0.05) is 6.07 Å². The number of halogens is 1. The number of hydrogen-bond acceptors (Lipinski definition) is 3. The third-order valence-corrected chi connectivity index (χ3v) is 1.91. The fraction of sp³-hybridized carbons (Fsp3) is 0.250. The molecule has 1 rings (SSSR count). The van der Waals surface area contributed by atoms with E-state index in [1.165, 1.54) is 0 Å². The molecule has 3 N–H and O–H groups in total. The van der Waals surface area contributed by atoms with E-state index < -0.39 is 0 Å². The summed E-state index contributed by atoms with van der Waals surface area (Å²) in [6.45, 7) is 0. The third-order valence-electron chi connectivity index (χ3n) is 1.64. The summed E-state index contributed by atoms with van der Waals surface area (Å²) in [5, 5.41) is 0. The molecule has 0 aromatic heterocycles. The highest BCUT2D eigenvalue weighted by atomic mass is 35.5. The van der Waals surface area contributed by atoms with Gasteiger partial charge in [0, 0.05) is 5.56 Å². The molecule has 0 amide bonds. The number of nitrogen functional groups attached to an aromatic ring is 1. The highest BCUT2D eigenvalue weighted by Crippen LogP contribution is 2.26. The van der Waals surface area contributed by atoms with Gasteiger partial charge in [-0.3, -0.25) is 5.84 Å². The predicted octanol–water partition coefficient (Wildman–Crippen LogP) is 1.72. The Kier molecular flexibility index (Phi) is 3.19. The normalized spacial score (nSPS) is 9.58. The topological polar surface area (TPSA) is 47.3 Å². The van der Waals surface area contributed by atoms with Gasteiger partial charge in [0.05, 0.1) is 18.7 Å². The lowest BCUT2D eigenvalue weighted by Gasteiger charge is -2.10. The molecular weight excluding hydrogens is 176 g/mol. The predicted molar refractivity (Wildman–Crippen MR) is 50.4 cm³/mol. The Bertz CT molecular complexity index is 243. The largest absolute Gasteiger partial charge is 0.496 e. The summed E-state index contributed by atoms with van der Waals surface area (Å²) in [5.74, 6) is 6.41. The van der Waals surface area contributed by atoms with Gasteiger partial charge in [-0.25, -0.2) is 0 Å². The second-order valence-electron chi connectivity index (χ2n) is 2.26. The first-order valence-corrected chi connectivity index (χ1v) is 4.05. The van der Waals surface area contributed by atoms with Crippen molar-refractivity contribution < 1.29 is 4.74 Å². The molecule has 3 nitrogen and oxygen atoms in total. The maximum Gasteiger partial charge on any atom is 0.125 e. The van der Waals surface area contributed by atoms with Crippen molar-refractivity contribution in [3.63, 3.8) is 0 Å². The van der Waals surface area contributed by atoms with Crippen molar-refractivity contribution in [2.24, 2.45) is 5.84 Å². The summed E-state index contributed by atoms with van der Waals surface area (Å²) in [6.07, 6.45) is 0. The number of hydrogen-bond donors (Lipinski definition) is 2. The molecule has 0 aliphatic heterocycles. The molecule has 0 saturated heterocycles. The lowest BCUT2D eigenvalue weighted by molar-refractivity contribution is 0.411. The van der Waals surface area contributed by atoms with Gasteiger partial charge in [0.25, 0.3) is 0 Å². The van der Waals surface area contributed by atoms with Crippen LogP contribution in [0.3, 0.4) is 0 Å². The zero-order valence-corrected chi connectivity index (χ0v) is 7.56. The fourth-order valence-corrected chi connectivity index (χ4v) is 1.31. The van der Waals surface area contributed by atoms with Crippen LogP contribution in [-0.2, 0) is 5.88 Å². The lowest BCUT2D eigenvalue weighted by Crippen LogP contribution is -2.09. The van der Waals surface area contributed by atoms with Crippen LogP contribution in [0.1, 0.15) is 5.56 Å². The average molecular weight is 187 g/mol. The zero-order valence-electron chi connectivity index (χ0n) is 6.80. The monoisotopic (exact) mass is 186 g/mol. The van der Waals surface area contributed by atoms with Crippen LogP contribution >= 0.6 is 11.6 Å². The smallest absolute Gasteiger partial charge is 0.125 e. The van der Waals surface area contributed by atoms with E-state index in [4.69, 9.17) is 22.2 Å². The first-order valence-electron chi connectivity index (χ1n) is 3.52. The van der Waals surface area contributed by atoms with Gasteiger partial charge in [-0.2, -0.15) is 0 Å². The minimum atomic E-state index is 0.379.